The Kier molecular flexibility index (Phi) is 5.55. The first-order valence-electron chi connectivity index (χ1n) is 10.1. The van der Waals surface area contributed by atoms with Crippen LogP contribution in [0.15, 0.2) is 47.1 Å². The first kappa shape index (κ1) is 18.5. The van der Waals surface area contributed by atoms with Crippen LogP contribution in [-0.4, -0.2) is 29.0 Å². The summed E-state index contributed by atoms with van der Waals surface area (Å²) < 4.78 is 5.26. The van der Waals surface area contributed by atoms with Crippen molar-refractivity contribution in [1.82, 2.24) is 15.3 Å². The fourth-order valence-corrected chi connectivity index (χ4v) is 3.36. The highest BCUT2D eigenvalue weighted by Crippen LogP contribution is 2.39. The molecule has 0 radical (unpaired) electrons. The van der Waals surface area contributed by atoms with Crippen molar-refractivity contribution in [2.45, 2.75) is 45.1 Å². The van der Waals surface area contributed by atoms with Gasteiger partial charge in [0, 0.05) is 30.8 Å². The van der Waals surface area contributed by atoms with E-state index in [0.717, 1.165) is 41.3 Å². The molecule has 1 fully saturated rings. The second kappa shape index (κ2) is 8.42. The summed E-state index contributed by atoms with van der Waals surface area (Å²) in [6.07, 6.45) is 5.35. The van der Waals surface area contributed by atoms with Gasteiger partial charge in [0.25, 0.3) is 0 Å². The number of anilines is 1. The van der Waals surface area contributed by atoms with Crippen LogP contribution in [0.25, 0.3) is 10.9 Å². The van der Waals surface area contributed by atoms with Gasteiger partial charge in [-0.15, -0.1) is 0 Å². The third-order valence-corrected chi connectivity index (χ3v) is 4.98. The first-order valence-corrected chi connectivity index (χ1v) is 10.1. The maximum Gasteiger partial charge on any atom is 0.222 e. The molecule has 0 unspecified atom stereocenters. The largest absolute Gasteiger partial charge is 0.467 e. The molecule has 6 heteroatoms. The quantitative estimate of drug-likeness (QED) is 0.609. The molecule has 1 aliphatic carbocycles. The SMILES string of the molecule is CCCN(CCC(=O)NCc1ccco1)c1nc(C2CC2)nc2ccccc12. The van der Waals surface area contributed by atoms with Gasteiger partial charge in [-0.05, 0) is 43.5 Å². The number of furan rings is 1. The van der Waals surface area contributed by atoms with Crippen molar-refractivity contribution >= 4 is 22.6 Å². The van der Waals surface area contributed by atoms with Crippen LogP contribution < -0.4 is 10.2 Å². The van der Waals surface area contributed by atoms with Gasteiger partial charge in [0.05, 0.1) is 18.3 Å². The average Bonchev–Trinajstić information content (AvgIpc) is 3.44. The molecule has 146 valence electrons. The molecule has 0 spiro atoms. The van der Waals surface area contributed by atoms with Crippen LogP contribution in [0.3, 0.4) is 0 Å². The summed E-state index contributed by atoms with van der Waals surface area (Å²) in [5.41, 5.74) is 0.984. The van der Waals surface area contributed by atoms with Gasteiger partial charge in [0.15, 0.2) is 0 Å². The van der Waals surface area contributed by atoms with Crippen molar-refractivity contribution in [3.8, 4) is 0 Å². The lowest BCUT2D eigenvalue weighted by Gasteiger charge is -2.25. The topological polar surface area (TPSA) is 71.3 Å². The molecule has 6 nitrogen and oxygen atoms in total. The van der Waals surface area contributed by atoms with Crippen molar-refractivity contribution in [3.05, 3.63) is 54.2 Å². The summed E-state index contributed by atoms with van der Waals surface area (Å²) in [5, 5.41) is 3.97. The molecular weight excluding hydrogens is 352 g/mol. The van der Waals surface area contributed by atoms with E-state index in [1.165, 1.54) is 12.8 Å². The van der Waals surface area contributed by atoms with E-state index in [-0.39, 0.29) is 5.91 Å². The number of carbonyl (C=O) groups is 1. The van der Waals surface area contributed by atoms with Crippen LogP contribution in [0.2, 0.25) is 0 Å². The van der Waals surface area contributed by atoms with Gasteiger partial charge >= 0.3 is 0 Å². The van der Waals surface area contributed by atoms with Crippen molar-refractivity contribution in [1.29, 1.82) is 0 Å². The van der Waals surface area contributed by atoms with E-state index in [9.17, 15) is 4.79 Å². The lowest BCUT2D eigenvalue weighted by atomic mass is 10.2. The third-order valence-electron chi connectivity index (χ3n) is 4.98. The van der Waals surface area contributed by atoms with Crippen LogP contribution in [0.4, 0.5) is 5.82 Å². The summed E-state index contributed by atoms with van der Waals surface area (Å²) in [7, 11) is 0. The summed E-state index contributed by atoms with van der Waals surface area (Å²) in [4.78, 5) is 24.2. The lowest BCUT2D eigenvalue weighted by molar-refractivity contribution is -0.121. The zero-order chi connectivity index (χ0) is 19.3. The van der Waals surface area contributed by atoms with Crippen molar-refractivity contribution in [2.75, 3.05) is 18.0 Å². The van der Waals surface area contributed by atoms with Gasteiger partial charge in [-0.2, -0.15) is 0 Å². The van der Waals surface area contributed by atoms with Crippen molar-refractivity contribution in [3.63, 3.8) is 0 Å². The molecular formula is C22H26N4O2. The van der Waals surface area contributed by atoms with Gasteiger partial charge < -0.3 is 14.6 Å². The second-order valence-electron chi connectivity index (χ2n) is 7.29. The second-order valence-corrected chi connectivity index (χ2v) is 7.29. The minimum Gasteiger partial charge on any atom is -0.467 e. The standard InChI is InChI=1S/C22H26N4O2/c1-2-12-26(13-11-20(27)23-15-17-6-5-14-28-17)22-18-7-3-4-8-19(18)24-21(25-22)16-9-10-16/h3-8,14,16H,2,9-13,15H2,1H3,(H,23,27). The number of aromatic nitrogens is 2. The van der Waals surface area contributed by atoms with Gasteiger partial charge in [0.2, 0.25) is 5.91 Å². The van der Waals surface area contributed by atoms with E-state index in [1.54, 1.807) is 6.26 Å². The highest BCUT2D eigenvalue weighted by Gasteiger charge is 2.28. The summed E-state index contributed by atoms with van der Waals surface area (Å²) >= 11 is 0. The third kappa shape index (κ3) is 4.32. The fraction of sp³-hybridized carbons (Fsp3) is 0.409. The van der Waals surface area contributed by atoms with Crippen LogP contribution in [0.1, 0.15) is 50.1 Å². The summed E-state index contributed by atoms with van der Waals surface area (Å²) in [5.74, 6) is 3.15. The Balaban J connectivity index is 1.50. The molecule has 0 aliphatic heterocycles. The van der Waals surface area contributed by atoms with Crippen molar-refractivity contribution in [2.24, 2.45) is 0 Å². The number of para-hydroxylation sites is 1. The average molecular weight is 378 g/mol. The number of amides is 1. The van der Waals surface area contributed by atoms with Crippen LogP contribution in [-0.2, 0) is 11.3 Å². The van der Waals surface area contributed by atoms with E-state index in [0.29, 0.717) is 25.4 Å². The normalized spacial score (nSPS) is 13.6. The molecule has 1 aliphatic rings. The van der Waals surface area contributed by atoms with E-state index in [1.807, 2.05) is 30.3 Å². The van der Waals surface area contributed by atoms with Crippen LogP contribution >= 0.6 is 0 Å². The Morgan fingerprint density at radius 1 is 1.18 bits per heavy atom. The van der Waals surface area contributed by atoms with Gasteiger partial charge in [0.1, 0.15) is 17.4 Å². The monoisotopic (exact) mass is 378 g/mol. The lowest BCUT2D eigenvalue weighted by Crippen LogP contribution is -2.32. The fourth-order valence-electron chi connectivity index (χ4n) is 3.36. The van der Waals surface area contributed by atoms with E-state index in [2.05, 4.69) is 23.2 Å². The smallest absolute Gasteiger partial charge is 0.222 e. The number of carbonyl (C=O) groups excluding carboxylic acids is 1. The Morgan fingerprint density at radius 2 is 2.04 bits per heavy atom. The van der Waals surface area contributed by atoms with Crippen LogP contribution in [0, 0.1) is 0 Å². The number of fused-ring (bicyclic) bond motifs is 1. The minimum absolute atomic E-state index is 0.0123. The molecule has 1 amide bonds. The van der Waals surface area contributed by atoms with E-state index < -0.39 is 0 Å². The molecule has 1 N–H and O–H groups in total. The number of benzene rings is 1. The number of nitrogens with one attached hydrogen (secondary N) is 1. The highest BCUT2D eigenvalue weighted by atomic mass is 16.3. The summed E-state index contributed by atoms with van der Waals surface area (Å²) in [6, 6.07) is 11.8. The van der Waals surface area contributed by atoms with Gasteiger partial charge in [-0.25, -0.2) is 9.97 Å². The van der Waals surface area contributed by atoms with Gasteiger partial charge in [-0.1, -0.05) is 19.1 Å². The number of hydrogen-bond acceptors (Lipinski definition) is 5. The molecule has 28 heavy (non-hydrogen) atoms. The van der Waals surface area contributed by atoms with E-state index >= 15 is 0 Å². The molecule has 2 aromatic heterocycles. The van der Waals surface area contributed by atoms with Crippen LogP contribution in [0.5, 0.6) is 0 Å². The molecule has 0 saturated heterocycles. The molecule has 1 saturated carbocycles. The predicted octanol–water partition coefficient (Wildman–Crippen LogP) is 4.02. The Hall–Kier alpha value is -2.89. The van der Waals surface area contributed by atoms with Gasteiger partial charge in [-0.3, -0.25) is 4.79 Å². The predicted molar refractivity (Wildman–Crippen MR) is 109 cm³/mol. The Morgan fingerprint density at radius 3 is 2.79 bits per heavy atom. The molecule has 2 heterocycles. The van der Waals surface area contributed by atoms with E-state index in [4.69, 9.17) is 14.4 Å². The zero-order valence-corrected chi connectivity index (χ0v) is 16.2. The molecule has 4 rings (SSSR count). The highest BCUT2D eigenvalue weighted by molar-refractivity contribution is 5.89. The Labute approximate surface area is 165 Å². The maximum atomic E-state index is 12.3. The molecule has 0 atom stereocenters. The molecule has 1 aromatic carbocycles. The zero-order valence-electron chi connectivity index (χ0n) is 16.2. The number of hydrogen-bond donors (Lipinski definition) is 1. The Bertz CT molecular complexity index is 935. The summed E-state index contributed by atoms with van der Waals surface area (Å²) in [6.45, 7) is 4.05. The van der Waals surface area contributed by atoms with Crippen molar-refractivity contribution < 1.29 is 9.21 Å². The minimum atomic E-state index is 0.0123. The maximum absolute atomic E-state index is 12.3. The molecule has 0 bridgehead atoms. The molecule has 3 aromatic rings. The number of rotatable bonds is 9. The first-order chi connectivity index (χ1) is 13.7. The number of nitrogens with zero attached hydrogens (tertiary/aromatic N) is 3.